The number of carbonyl (C=O) groups excluding carboxylic acids is 1. The van der Waals surface area contributed by atoms with Crippen molar-refractivity contribution in [3.8, 4) is 0 Å². The minimum atomic E-state index is -0.994. The fourth-order valence-corrected chi connectivity index (χ4v) is 0.658. The quantitative estimate of drug-likeness (QED) is 0.472. The molecular weight excluding hydrogens is 168 g/mol. The van der Waals surface area contributed by atoms with Gasteiger partial charge in [0.05, 0.1) is 7.11 Å². The summed E-state index contributed by atoms with van der Waals surface area (Å²) in [5, 5.41) is 0. The van der Waals surface area contributed by atoms with E-state index >= 15 is 0 Å². The van der Waals surface area contributed by atoms with Crippen molar-refractivity contribution < 1.29 is 18.3 Å². The van der Waals surface area contributed by atoms with Crippen LogP contribution in [0.15, 0.2) is 12.1 Å². The molecule has 0 radical (unpaired) electrons. The van der Waals surface area contributed by atoms with Gasteiger partial charge in [-0.3, -0.25) is 0 Å². The summed E-state index contributed by atoms with van der Waals surface area (Å²) < 4.78 is 29.2. The number of pyridine rings is 1. The summed E-state index contributed by atoms with van der Waals surface area (Å²) in [6, 6.07) is 1.64. The second kappa shape index (κ2) is 3.25. The first-order valence-corrected chi connectivity index (χ1v) is 3.05. The van der Waals surface area contributed by atoms with Crippen molar-refractivity contribution in [2.24, 2.45) is 0 Å². The molecule has 0 aliphatic rings. The van der Waals surface area contributed by atoms with E-state index in [1.165, 1.54) is 0 Å². The van der Waals surface area contributed by atoms with Crippen LogP contribution in [0.2, 0.25) is 0 Å². The van der Waals surface area contributed by atoms with E-state index in [1.807, 2.05) is 0 Å². The Kier molecular flexibility index (Phi) is 2.32. The molecule has 5 heteroatoms. The van der Waals surface area contributed by atoms with Crippen LogP contribution in [-0.2, 0) is 4.74 Å². The Labute approximate surface area is 67.0 Å². The van der Waals surface area contributed by atoms with Crippen molar-refractivity contribution in [3.05, 3.63) is 29.6 Å². The third-order valence-corrected chi connectivity index (χ3v) is 1.19. The molecule has 1 aromatic rings. The highest BCUT2D eigenvalue weighted by Crippen LogP contribution is 2.05. The SMILES string of the molecule is COC(=O)c1nc(F)ccc1F. The molecule has 12 heavy (non-hydrogen) atoms. The molecule has 0 atom stereocenters. The smallest absolute Gasteiger partial charge is 0.359 e. The van der Waals surface area contributed by atoms with Crippen LogP contribution in [0.5, 0.6) is 0 Å². The predicted molar refractivity (Wildman–Crippen MR) is 35.5 cm³/mol. The lowest BCUT2D eigenvalue weighted by atomic mass is 10.3. The molecule has 1 aromatic heterocycles. The van der Waals surface area contributed by atoms with E-state index in [9.17, 15) is 13.6 Å². The van der Waals surface area contributed by atoms with Gasteiger partial charge in [0, 0.05) is 0 Å². The first-order valence-electron chi connectivity index (χ1n) is 3.05. The van der Waals surface area contributed by atoms with Crippen molar-refractivity contribution in [2.75, 3.05) is 7.11 Å². The van der Waals surface area contributed by atoms with Gasteiger partial charge >= 0.3 is 5.97 Å². The highest BCUT2D eigenvalue weighted by molar-refractivity contribution is 5.87. The lowest BCUT2D eigenvalue weighted by Crippen LogP contribution is -2.08. The van der Waals surface area contributed by atoms with E-state index < -0.39 is 23.4 Å². The molecule has 0 aromatic carbocycles. The third kappa shape index (κ3) is 1.55. The first-order chi connectivity index (χ1) is 5.65. The molecule has 1 rings (SSSR count). The van der Waals surface area contributed by atoms with Gasteiger partial charge in [0.15, 0.2) is 11.5 Å². The Bertz CT molecular complexity index is 314. The van der Waals surface area contributed by atoms with Crippen molar-refractivity contribution in [1.82, 2.24) is 4.98 Å². The molecule has 0 saturated carbocycles. The monoisotopic (exact) mass is 173 g/mol. The number of methoxy groups -OCH3 is 1. The Balaban J connectivity index is 3.13. The highest BCUT2D eigenvalue weighted by Gasteiger charge is 2.14. The number of aromatic nitrogens is 1. The molecule has 0 saturated heterocycles. The molecule has 0 amide bonds. The van der Waals surface area contributed by atoms with Gasteiger partial charge in [-0.2, -0.15) is 4.39 Å². The molecule has 0 unspecified atom stereocenters. The maximum absolute atomic E-state index is 12.7. The minimum absolute atomic E-state index is 0.641. The van der Waals surface area contributed by atoms with Gasteiger partial charge in [-0.25, -0.2) is 14.2 Å². The summed E-state index contributed by atoms with van der Waals surface area (Å²) in [6.07, 6.45) is 0. The molecular formula is C7H5F2NO2. The first kappa shape index (κ1) is 8.58. The minimum Gasteiger partial charge on any atom is -0.464 e. The van der Waals surface area contributed by atoms with Crippen LogP contribution in [0, 0.1) is 11.8 Å². The average Bonchev–Trinajstić information content (AvgIpc) is 2.08. The van der Waals surface area contributed by atoms with E-state index in [0.717, 1.165) is 19.2 Å². The molecule has 64 valence electrons. The summed E-state index contributed by atoms with van der Waals surface area (Å²) in [7, 11) is 1.06. The second-order valence-electron chi connectivity index (χ2n) is 1.96. The van der Waals surface area contributed by atoms with Gasteiger partial charge in [-0.05, 0) is 12.1 Å². The average molecular weight is 173 g/mol. The molecule has 0 N–H and O–H groups in total. The lowest BCUT2D eigenvalue weighted by Gasteiger charge is -1.98. The van der Waals surface area contributed by atoms with Crippen molar-refractivity contribution in [3.63, 3.8) is 0 Å². The number of nitrogens with zero attached hydrogens (tertiary/aromatic N) is 1. The summed E-state index contributed by atoms with van der Waals surface area (Å²) in [5.41, 5.74) is -0.641. The zero-order chi connectivity index (χ0) is 9.14. The summed E-state index contributed by atoms with van der Waals surface area (Å²) in [6.45, 7) is 0. The van der Waals surface area contributed by atoms with Crippen LogP contribution in [0.1, 0.15) is 10.5 Å². The number of rotatable bonds is 1. The molecule has 0 aliphatic heterocycles. The normalized spacial score (nSPS) is 9.58. The van der Waals surface area contributed by atoms with Gasteiger partial charge in [-0.1, -0.05) is 0 Å². The van der Waals surface area contributed by atoms with E-state index in [-0.39, 0.29) is 0 Å². The van der Waals surface area contributed by atoms with Crippen LogP contribution in [0.25, 0.3) is 0 Å². The highest BCUT2D eigenvalue weighted by atomic mass is 19.1. The van der Waals surface area contributed by atoms with Gasteiger partial charge in [0.1, 0.15) is 0 Å². The van der Waals surface area contributed by atoms with Gasteiger partial charge < -0.3 is 4.74 Å². The topological polar surface area (TPSA) is 39.2 Å². The van der Waals surface area contributed by atoms with Crippen LogP contribution in [0.3, 0.4) is 0 Å². The largest absolute Gasteiger partial charge is 0.464 e. The van der Waals surface area contributed by atoms with Gasteiger partial charge in [0.2, 0.25) is 5.95 Å². The Hall–Kier alpha value is -1.52. The number of hydrogen-bond acceptors (Lipinski definition) is 3. The predicted octanol–water partition coefficient (Wildman–Crippen LogP) is 1.15. The van der Waals surface area contributed by atoms with E-state index in [1.54, 1.807) is 0 Å². The number of esters is 1. The van der Waals surface area contributed by atoms with Crippen LogP contribution in [-0.4, -0.2) is 18.1 Å². The summed E-state index contributed by atoms with van der Waals surface area (Å²) in [4.78, 5) is 13.7. The van der Waals surface area contributed by atoms with Crippen molar-refractivity contribution in [1.29, 1.82) is 0 Å². The summed E-state index contributed by atoms with van der Waals surface area (Å²) in [5.74, 6) is -2.81. The molecule has 0 aliphatic carbocycles. The number of hydrogen-bond donors (Lipinski definition) is 0. The molecule has 0 fully saturated rings. The zero-order valence-electron chi connectivity index (χ0n) is 6.17. The molecule has 3 nitrogen and oxygen atoms in total. The standard InChI is InChI=1S/C7H5F2NO2/c1-12-7(11)6-4(8)2-3-5(9)10-6/h2-3H,1H3. The van der Waals surface area contributed by atoms with Crippen LogP contribution in [0.4, 0.5) is 8.78 Å². The number of ether oxygens (including phenoxy) is 1. The fraction of sp³-hybridized carbons (Fsp3) is 0.143. The van der Waals surface area contributed by atoms with E-state index in [2.05, 4.69) is 9.72 Å². The molecule has 1 heterocycles. The Morgan fingerprint density at radius 1 is 1.50 bits per heavy atom. The van der Waals surface area contributed by atoms with Crippen LogP contribution >= 0.6 is 0 Å². The van der Waals surface area contributed by atoms with Crippen molar-refractivity contribution in [2.45, 2.75) is 0 Å². The van der Waals surface area contributed by atoms with Gasteiger partial charge in [-0.15, -0.1) is 0 Å². The number of carbonyl (C=O) groups is 1. The van der Waals surface area contributed by atoms with E-state index in [0.29, 0.717) is 0 Å². The van der Waals surface area contributed by atoms with E-state index in [4.69, 9.17) is 0 Å². The maximum atomic E-state index is 12.7. The second-order valence-corrected chi connectivity index (χ2v) is 1.96. The summed E-state index contributed by atoms with van der Waals surface area (Å²) >= 11 is 0. The van der Waals surface area contributed by atoms with Gasteiger partial charge in [0.25, 0.3) is 0 Å². The third-order valence-electron chi connectivity index (χ3n) is 1.19. The fourth-order valence-electron chi connectivity index (χ4n) is 0.658. The molecule has 0 bridgehead atoms. The Morgan fingerprint density at radius 2 is 2.17 bits per heavy atom. The number of halogens is 2. The van der Waals surface area contributed by atoms with Crippen molar-refractivity contribution >= 4 is 5.97 Å². The Morgan fingerprint density at radius 3 is 2.75 bits per heavy atom. The zero-order valence-corrected chi connectivity index (χ0v) is 6.17. The maximum Gasteiger partial charge on any atom is 0.359 e. The van der Waals surface area contributed by atoms with Crippen LogP contribution < -0.4 is 0 Å². The lowest BCUT2D eigenvalue weighted by molar-refractivity contribution is 0.0586. The molecule has 0 spiro atoms.